The number of aromatic hydroxyl groups is 1. The van der Waals surface area contributed by atoms with Gasteiger partial charge in [0.15, 0.2) is 0 Å². The number of rotatable bonds is 3. The Morgan fingerprint density at radius 2 is 2.33 bits per heavy atom. The maximum absolute atomic E-state index is 11.2. The van der Waals surface area contributed by atoms with Gasteiger partial charge in [-0.1, -0.05) is 12.1 Å². The lowest BCUT2D eigenvalue weighted by atomic mass is 10.0. The van der Waals surface area contributed by atoms with Crippen LogP contribution in [0.4, 0.5) is 0 Å². The Morgan fingerprint density at radius 1 is 1.56 bits per heavy atom. The minimum Gasteiger partial charge on any atom is -0.508 e. The zero-order chi connectivity index (χ0) is 13.1. The Labute approximate surface area is 106 Å². The number of phenols is 1. The minimum atomic E-state index is -0.873. The fourth-order valence-corrected chi connectivity index (χ4v) is 2.27. The molecule has 5 heteroatoms. The van der Waals surface area contributed by atoms with Crippen LogP contribution in [0, 0.1) is 0 Å². The first kappa shape index (κ1) is 12.9. The fraction of sp³-hybridized carbons (Fsp3) is 0.462. The normalized spacial score (nSPS) is 22.6. The second-order valence-electron chi connectivity index (χ2n) is 4.44. The summed E-state index contributed by atoms with van der Waals surface area (Å²) in [6.07, 6.45) is 0. The molecule has 0 aliphatic carbocycles. The van der Waals surface area contributed by atoms with Crippen LogP contribution in [-0.2, 0) is 9.53 Å². The number of hydrogen-bond donors (Lipinski definition) is 2. The number of nitrogens with zero attached hydrogens (tertiary/aromatic N) is 1. The number of morpholine rings is 1. The van der Waals surface area contributed by atoms with Crippen LogP contribution < -0.4 is 0 Å². The molecule has 1 aliphatic rings. The summed E-state index contributed by atoms with van der Waals surface area (Å²) in [5.41, 5.74) is 0.906. The molecule has 0 spiro atoms. The SMILES string of the molecule is CC(c1cccc(O)c1)N1CCOCC1C(=O)O. The van der Waals surface area contributed by atoms with E-state index in [-0.39, 0.29) is 18.4 Å². The number of hydrogen-bond acceptors (Lipinski definition) is 4. The van der Waals surface area contributed by atoms with Gasteiger partial charge in [0.05, 0.1) is 13.2 Å². The highest BCUT2D eigenvalue weighted by molar-refractivity contribution is 5.73. The molecular formula is C13H17NO4. The molecule has 0 aromatic heterocycles. The molecule has 98 valence electrons. The number of benzene rings is 1. The fourth-order valence-electron chi connectivity index (χ4n) is 2.27. The molecule has 0 saturated carbocycles. The molecule has 0 radical (unpaired) electrons. The summed E-state index contributed by atoms with van der Waals surface area (Å²) in [6, 6.07) is 6.22. The summed E-state index contributed by atoms with van der Waals surface area (Å²) >= 11 is 0. The van der Waals surface area contributed by atoms with Crippen LogP contribution in [0.2, 0.25) is 0 Å². The van der Waals surface area contributed by atoms with Crippen LogP contribution in [0.3, 0.4) is 0 Å². The molecule has 0 amide bonds. The summed E-state index contributed by atoms with van der Waals surface area (Å²) in [6.45, 7) is 3.26. The van der Waals surface area contributed by atoms with E-state index >= 15 is 0 Å². The van der Waals surface area contributed by atoms with E-state index in [9.17, 15) is 15.0 Å². The third kappa shape index (κ3) is 2.63. The van der Waals surface area contributed by atoms with Gasteiger partial charge in [-0.05, 0) is 24.6 Å². The predicted molar refractivity (Wildman–Crippen MR) is 65.5 cm³/mol. The Bertz CT molecular complexity index is 435. The molecular weight excluding hydrogens is 234 g/mol. The van der Waals surface area contributed by atoms with E-state index in [2.05, 4.69) is 0 Å². The lowest BCUT2D eigenvalue weighted by Crippen LogP contribution is -2.50. The monoisotopic (exact) mass is 251 g/mol. The van der Waals surface area contributed by atoms with Gasteiger partial charge in [0, 0.05) is 12.6 Å². The van der Waals surface area contributed by atoms with E-state index in [4.69, 9.17) is 4.74 Å². The molecule has 1 aromatic carbocycles. The van der Waals surface area contributed by atoms with Crippen LogP contribution >= 0.6 is 0 Å². The maximum atomic E-state index is 11.2. The van der Waals surface area contributed by atoms with Crippen LogP contribution in [0.25, 0.3) is 0 Å². The van der Waals surface area contributed by atoms with Gasteiger partial charge in [-0.2, -0.15) is 0 Å². The summed E-state index contributed by atoms with van der Waals surface area (Å²) in [7, 11) is 0. The van der Waals surface area contributed by atoms with Gasteiger partial charge in [0.1, 0.15) is 11.8 Å². The molecule has 18 heavy (non-hydrogen) atoms. The largest absolute Gasteiger partial charge is 0.508 e. The van der Waals surface area contributed by atoms with Gasteiger partial charge in [-0.3, -0.25) is 9.69 Å². The van der Waals surface area contributed by atoms with Crippen molar-refractivity contribution >= 4 is 5.97 Å². The highest BCUT2D eigenvalue weighted by Gasteiger charge is 2.32. The number of aliphatic carboxylic acids is 1. The van der Waals surface area contributed by atoms with Crippen LogP contribution in [0.15, 0.2) is 24.3 Å². The van der Waals surface area contributed by atoms with E-state index in [1.54, 1.807) is 18.2 Å². The average Bonchev–Trinajstić information content (AvgIpc) is 2.38. The third-order valence-electron chi connectivity index (χ3n) is 3.31. The van der Waals surface area contributed by atoms with E-state index < -0.39 is 12.0 Å². The van der Waals surface area contributed by atoms with Crippen molar-refractivity contribution in [3.8, 4) is 5.75 Å². The maximum Gasteiger partial charge on any atom is 0.323 e. The number of carbonyl (C=O) groups is 1. The molecule has 1 aliphatic heterocycles. The first-order chi connectivity index (χ1) is 8.59. The molecule has 1 aromatic rings. The Kier molecular flexibility index (Phi) is 3.84. The highest BCUT2D eigenvalue weighted by atomic mass is 16.5. The highest BCUT2D eigenvalue weighted by Crippen LogP contribution is 2.26. The van der Waals surface area contributed by atoms with Crippen molar-refractivity contribution in [1.82, 2.24) is 4.90 Å². The van der Waals surface area contributed by atoms with Crippen molar-refractivity contribution < 1.29 is 19.7 Å². The van der Waals surface area contributed by atoms with Crippen LogP contribution in [0.1, 0.15) is 18.5 Å². The lowest BCUT2D eigenvalue weighted by molar-refractivity contribution is -0.151. The average molecular weight is 251 g/mol. The standard InChI is InChI=1S/C13H17NO4/c1-9(10-3-2-4-11(15)7-10)14-5-6-18-8-12(14)13(16)17/h2-4,7,9,12,15H,5-6,8H2,1H3,(H,16,17). The van der Waals surface area contributed by atoms with Crippen molar-refractivity contribution in [3.63, 3.8) is 0 Å². The van der Waals surface area contributed by atoms with Gasteiger partial charge < -0.3 is 14.9 Å². The number of phenolic OH excluding ortho intramolecular Hbond substituents is 1. The predicted octanol–water partition coefficient (Wildman–Crippen LogP) is 1.24. The van der Waals surface area contributed by atoms with E-state index in [0.29, 0.717) is 13.2 Å². The van der Waals surface area contributed by atoms with Crippen molar-refractivity contribution in [3.05, 3.63) is 29.8 Å². The molecule has 1 fully saturated rings. The molecule has 1 heterocycles. The smallest absolute Gasteiger partial charge is 0.323 e. The summed E-state index contributed by atoms with van der Waals surface area (Å²) < 4.78 is 5.21. The zero-order valence-electron chi connectivity index (χ0n) is 10.2. The topological polar surface area (TPSA) is 70.0 Å². The molecule has 2 unspecified atom stereocenters. The van der Waals surface area contributed by atoms with Gasteiger partial charge in [0.2, 0.25) is 0 Å². The number of carboxylic acids is 1. The Morgan fingerprint density at radius 3 is 3.00 bits per heavy atom. The van der Waals surface area contributed by atoms with Crippen LogP contribution in [-0.4, -0.2) is 46.9 Å². The molecule has 0 bridgehead atoms. The Hall–Kier alpha value is -1.59. The Balaban J connectivity index is 2.20. The molecule has 5 nitrogen and oxygen atoms in total. The molecule has 2 rings (SSSR count). The third-order valence-corrected chi connectivity index (χ3v) is 3.31. The first-order valence-electron chi connectivity index (χ1n) is 5.95. The molecule has 2 atom stereocenters. The van der Waals surface area contributed by atoms with E-state index in [1.807, 2.05) is 17.9 Å². The number of ether oxygens (including phenoxy) is 1. The van der Waals surface area contributed by atoms with E-state index in [1.165, 1.54) is 0 Å². The van der Waals surface area contributed by atoms with Gasteiger partial charge in [-0.15, -0.1) is 0 Å². The van der Waals surface area contributed by atoms with Gasteiger partial charge in [-0.25, -0.2) is 0 Å². The second kappa shape index (κ2) is 5.37. The van der Waals surface area contributed by atoms with Crippen molar-refractivity contribution in [2.24, 2.45) is 0 Å². The first-order valence-corrected chi connectivity index (χ1v) is 5.95. The summed E-state index contributed by atoms with van der Waals surface area (Å²) in [5, 5.41) is 18.7. The quantitative estimate of drug-likeness (QED) is 0.845. The number of carboxylic acid groups (broad SMARTS) is 1. The molecule has 1 saturated heterocycles. The van der Waals surface area contributed by atoms with Crippen molar-refractivity contribution in [2.45, 2.75) is 19.0 Å². The van der Waals surface area contributed by atoms with E-state index in [0.717, 1.165) is 5.56 Å². The van der Waals surface area contributed by atoms with Gasteiger partial charge >= 0.3 is 5.97 Å². The summed E-state index contributed by atoms with van der Waals surface area (Å²) in [4.78, 5) is 13.1. The van der Waals surface area contributed by atoms with Crippen molar-refractivity contribution in [1.29, 1.82) is 0 Å². The zero-order valence-corrected chi connectivity index (χ0v) is 10.2. The second-order valence-corrected chi connectivity index (χ2v) is 4.44. The lowest BCUT2D eigenvalue weighted by Gasteiger charge is -2.37. The minimum absolute atomic E-state index is 0.0675. The van der Waals surface area contributed by atoms with Crippen LogP contribution in [0.5, 0.6) is 5.75 Å². The summed E-state index contributed by atoms with van der Waals surface area (Å²) in [5.74, 6) is -0.679. The van der Waals surface area contributed by atoms with Crippen molar-refractivity contribution in [2.75, 3.05) is 19.8 Å². The molecule has 2 N–H and O–H groups in total. The van der Waals surface area contributed by atoms with Gasteiger partial charge in [0.25, 0.3) is 0 Å².